The van der Waals surface area contributed by atoms with Crippen molar-refractivity contribution in [3.05, 3.63) is 17.5 Å². The summed E-state index contributed by atoms with van der Waals surface area (Å²) in [5.41, 5.74) is 8.15. The maximum atomic E-state index is 12.2. The normalized spacial score (nSPS) is 20.1. The zero-order chi connectivity index (χ0) is 13.8. The molecule has 5 nitrogen and oxygen atoms in total. The number of aryl methyl sites for hydroxylation is 1. The smallest absolute Gasteiger partial charge is 0.224 e. The Morgan fingerprint density at radius 2 is 2.42 bits per heavy atom. The number of nitrogens with zero attached hydrogens (tertiary/aromatic N) is 1. The predicted molar refractivity (Wildman–Crippen MR) is 74.5 cm³/mol. The van der Waals surface area contributed by atoms with Crippen molar-refractivity contribution in [2.24, 2.45) is 17.6 Å². The number of carbonyl (C=O) groups is 1. The summed E-state index contributed by atoms with van der Waals surface area (Å²) in [5.74, 6) is 0.532. The van der Waals surface area contributed by atoms with E-state index in [-0.39, 0.29) is 17.9 Å². The summed E-state index contributed by atoms with van der Waals surface area (Å²) in [4.78, 5) is 12.2. The first-order valence-electron chi connectivity index (χ1n) is 7.11. The summed E-state index contributed by atoms with van der Waals surface area (Å²) in [6.07, 6.45) is 5.52. The van der Waals surface area contributed by atoms with Gasteiger partial charge in [-0.2, -0.15) is 5.10 Å². The summed E-state index contributed by atoms with van der Waals surface area (Å²) < 4.78 is 0. The highest BCUT2D eigenvalue weighted by Crippen LogP contribution is 2.19. The van der Waals surface area contributed by atoms with Crippen LogP contribution in [0.1, 0.15) is 37.9 Å². The first-order valence-corrected chi connectivity index (χ1v) is 7.11. The van der Waals surface area contributed by atoms with E-state index in [0.29, 0.717) is 12.5 Å². The van der Waals surface area contributed by atoms with Gasteiger partial charge in [-0.25, -0.2) is 0 Å². The minimum Gasteiger partial charge on any atom is -0.353 e. The molecule has 2 rings (SSSR count). The van der Waals surface area contributed by atoms with Gasteiger partial charge in [0.1, 0.15) is 0 Å². The molecule has 5 heteroatoms. The van der Waals surface area contributed by atoms with Gasteiger partial charge < -0.3 is 11.1 Å². The van der Waals surface area contributed by atoms with Gasteiger partial charge in [0.15, 0.2) is 0 Å². The Balaban J connectivity index is 1.89. The highest BCUT2D eigenvalue weighted by atomic mass is 16.1. The summed E-state index contributed by atoms with van der Waals surface area (Å²) in [7, 11) is 0. The van der Waals surface area contributed by atoms with Gasteiger partial charge in [0.2, 0.25) is 5.91 Å². The van der Waals surface area contributed by atoms with Crippen LogP contribution in [-0.4, -0.2) is 28.7 Å². The Labute approximate surface area is 114 Å². The van der Waals surface area contributed by atoms with Crippen molar-refractivity contribution in [3.8, 4) is 0 Å². The number of nitrogens with one attached hydrogen (secondary N) is 2. The number of rotatable bonds is 5. The van der Waals surface area contributed by atoms with Gasteiger partial charge in [0, 0.05) is 18.3 Å². The Morgan fingerprint density at radius 1 is 1.63 bits per heavy atom. The number of H-pyrrole nitrogens is 1. The van der Waals surface area contributed by atoms with Gasteiger partial charge in [-0.15, -0.1) is 0 Å². The topological polar surface area (TPSA) is 83.8 Å². The van der Waals surface area contributed by atoms with Gasteiger partial charge >= 0.3 is 0 Å². The molecule has 1 aliphatic rings. The number of carbonyl (C=O) groups excluding carboxylic acids is 1. The number of aromatic nitrogens is 2. The molecule has 1 aromatic heterocycles. The standard InChI is InChI=1S/C14H24N4O/c1-9(2)5-10(7-15)14(19)17-12-3-4-13-11(6-12)8-16-18-13/h8-10,12H,3-7,15H2,1-2H3,(H,16,18)(H,17,19)/t10-,12-/m1/s1. The third-order valence-corrected chi connectivity index (χ3v) is 3.77. The Kier molecular flexibility index (Phi) is 4.58. The van der Waals surface area contributed by atoms with Crippen LogP contribution in [0.15, 0.2) is 6.20 Å². The quantitative estimate of drug-likeness (QED) is 0.742. The lowest BCUT2D eigenvalue weighted by atomic mass is 9.91. The summed E-state index contributed by atoms with van der Waals surface area (Å²) in [5, 5.41) is 10.2. The van der Waals surface area contributed by atoms with Crippen LogP contribution in [-0.2, 0) is 17.6 Å². The highest BCUT2D eigenvalue weighted by Gasteiger charge is 2.25. The molecule has 19 heavy (non-hydrogen) atoms. The number of nitrogens with two attached hydrogens (primary N) is 1. The molecular formula is C14H24N4O. The lowest BCUT2D eigenvalue weighted by Crippen LogP contribution is -2.44. The van der Waals surface area contributed by atoms with E-state index in [1.165, 1.54) is 11.3 Å². The summed E-state index contributed by atoms with van der Waals surface area (Å²) >= 11 is 0. The number of hydrogen-bond donors (Lipinski definition) is 3. The molecule has 1 aliphatic carbocycles. The second-order valence-corrected chi connectivity index (χ2v) is 5.88. The highest BCUT2D eigenvalue weighted by molar-refractivity contribution is 5.79. The molecule has 106 valence electrons. The molecule has 0 radical (unpaired) electrons. The van der Waals surface area contributed by atoms with Gasteiger partial charge in [0.05, 0.1) is 12.1 Å². The molecule has 0 fully saturated rings. The average molecular weight is 264 g/mol. The van der Waals surface area contributed by atoms with Crippen LogP contribution in [0.5, 0.6) is 0 Å². The maximum absolute atomic E-state index is 12.2. The van der Waals surface area contributed by atoms with E-state index in [4.69, 9.17) is 5.73 Å². The molecule has 0 saturated heterocycles. The second kappa shape index (κ2) is 6.19. The van der Waals surface area contributed by atoms with Crippen molar-refractivity contribution >= 4 is 5.91 Å². The van der Waals surface area contributed by atoms with E-state index in [1.54, 1.807) is 0 Å². The fourth-order valence-corrected chi connectivity index (χ4v) is 2.74. The van der Waals surface area contributed by atoms with Crippen molar-refractivity contribution in [1.29, 1.82) is 0 Å². The molecule has 1 amide bonds. The van der Waals surface area contributed by atoms with Crippen molar-refractivity contribution in [1.82, 2.24) is 15.5 Å². The van der Waals surface area contributed by atoms with Crippen LogP contribution in [0.4, 0.5) is 0 Å². The Bertz CT molecular complexity index is 427. The van der Waals surface area contributed by atoms with E-state index in [2.05, 4.69) is 29.4 Å². The third kappa shape index (κ3) is 3.56. The van der Waals surface area contributed by atoms with E-state index in [0.717, 1.165) is 25.7 Å². The second-order valence-electron chi connectivity index (χ2n) is 5.88. The lowest BCUT2D eigenvalue weighted by molar-refractivity contribution is -0.126. The van der Waals surface area contributed by atoms with Crippen LogP contribution in [0.3, 0.4) is 0 Å². The van der Waals surface area contributed by atoms with E-state index in [9.17, 15) is 4.79 Å². The number of fused-ring (bicyclic) bond motifs is 1. The van der Waals surface area contributed by atoms with E-state index >= 15 is 0 Å². The molecule has 1 heterocycles. The summed E-state index contributed by atoms with van der Waals surface area (Å²) in [6, 6.07) is 0.221. The minimum absolute atomic E-state index is 0.0641. The largest absolute Gasteiger partial charge is 0.353 e. The van der Waals surface area contributed by atoms with Crippen molar-refractivity contribution in [2.75, 3.05) is 6.54 Å². The predicted octanol–water partition coefficient (Wildman–Crippen LogP) is 1.00. The first-order chi connectivity index (χ1) is 9.10. The minimum atomic E-state index is -0.0641. The fraction of sp³-hybridized carbons (Fsp3) is 0.714. The van der Waals surface area contributed by atoms with Crippen molar-refractivity contribution in [3.63, 3.8) is 0 Å². The number of aromatic amines is 1. The molecule has 1 aromatic rings. The van der Waals surface area contributed by atoms with Crippen LogP contribution < -0.4 is 11.1 Å². The molecule has 4 N–H and O–H groups in total. The van der Waals surface area contributed by atoms with Gasteiger partial charge in [-0.05, 0) is 37.2 Å². The zero-order valence-electron chi connectivity index (χ0n) is 11.8. The number of hydrogen-bond acceptors (Lipinski definition) is 3. The molecule has 2 atom stereocenters. The van der Waals surface area contributed by atoms with Crippen LogP contribution in [0.25, 0.3) is 0 Å². The molecule has 0 bridgehead atoms. The molecular weight excluding hydrogens is 240 g/mol. The zero-order valence-corrected chi connectivity index (χ0v) is 11.8. The average Bonchev–Trinajstić information content (AvgIpc) is 2.82. The Morgan fingerprint density at radius 3 is 3.11 bits per heavy atom. The van der Waals surface area contributed by atoms with Crippen molar-refractivity contribution < 1.29 is 4.79 Å². The molecule has 0 spiro atoms. The molecule has 0 aliphatic heterocycles. The Hall–Kier alpha value is -1.36. The fourth-order valence-electron chi connectivity index (χ4n) is 2.74. The van der Waals surface area contributed by atoms with Crippen LogP contribution >= 0.6 is 0 Å². The van der Waals surface area contributed by atoms with Gasteiger partial charge in [-0.1, -0.05) is 13.8 Å². The maximum Gasteiger partial charge on any atom is 0.224 e. The van der Waals surface area contributed by atoms with Crippen LogP contribution in [0, 0.1) is 11.8 Å². The van der Waals surface area contributed by atoms with Gasteiger partial charge in [0.25, 0.3) is 0 Å². The monoisotopic (exact) mass is 264 g/mol. The third-order valence-electron chi connectivity index (χ3n) is 3.77. The lowest BCUT2D eigenvalue weighted by Gasteiger charge is -2.25. The summed E-state index contributed by atoms with van der Waals surface area (Å²) in [6.45, 7) is 4.66. The SMILES string of the molecule is CC(C)C[C@H](CN)C(=O)N[C@@H]1CCc2[nH]ncc2C1. The molecule has 0 unspecified atom stereocenters. The van der Waals surface area contributed by atoms with Crippen LogP contribution in [0.2, 0.25) is 0 Å². The van der Waals surface area contributed by atoms with Gasteiger partial charge in [-0.3, -0.25) is 9.89 Å². The van der Waals surface area contributed by atoms with E-state index < -0.39 is 0 Å². The van der Waals surface area contributed by atoms with E-state index in [1.807, 2.05) is 6.20 Å². The molecule has 0 saturated carbocycles. The number of amides is 1. The first kappa shape index (κ1) is 14.1. The molecule has 0 aromatic carbocycles. The van der Waals surface area contributed by atoms with Crippen molar-refractivity contribution in [2.45, 2.75) is 45.6 Å².